The van der Waals surface area contributed by atoms with Crippen LogP contribution in [0.25, 0.3) is 0 Å². The van der Waals surface area contributed by atoms with Crippen molar-refractivity contribution in [3.8, 4) is 0 Å². The summed E-state index contributed by atoms with van der Waals surface area (Å²) in [6.45, 7) is -0.0306. The summed E-state index contributed by atoms with van der Waals surface area (Å²) in [5.74, 6) is -1.46. The van der Waals surface area contributed by atoms with E-state index < -0.39 is 21.7 Å². The third-order valence-corrected chi connectivity index (χ3v) is 5.30. The Morgan fingerprint density at radius 2 is 1.59 bits per heavy atom. The quantitative estimate of drug-likeness (QED) is 0.854. The Balaban J connectivity index is 2.11. The van der Waals surface area contributed by atoms with Crippen molar-refractivity contribution < 1.29 is 22.0 Å². The second kappa shape index (κ2) is 5.17. The number of rotatable bonds is 2. The number of carbonyl (C=O) groups excluding carboxylic acids is 1. The number of Topliss-reactive ketones (excluding diaryl/α,β-unsaturated/α-hetero) is 1. The Labute approximate surface area is 126 Å². The summed E-state index contributed by atoms with van der Waals surface area (Å²) in [5, 5.41) is 0. The minimum absolute atomic E-state index is 0.0306. The van der Waals surface area contributed by atoms with E-state index in [1.165, 1.54) is 6.07 Å². The molecule has 0 saturated carbocycles. The van der Waals surface area contributed by atoms with Gasteiger partial charge in [-0.2, -0.15) is 0 Å². The number of anilines is 1. The molecule has 0 radical (unpaired) electrons. The van der Waals surface area contributed by atoms with Gasteiger partial charge in [0.15, 0.2) is 5.78 Å². The Morgan fingerprint density at radius 1 is 0.955 bits per heavy atom. The predicted molar refractivity (Wildman–Crippen MR) is 76.3 cm³/mol. The van der Waals surface area contributed by atoms with Crippen molar-refractivity contribution >= 4 is 21.5 Å². The third-order valence-electron chi connectivity index (χ3n) is 3.47. The van der Waals surface area contributed by atoms with Gasteiger partial charge in [-0.05, 0) is 42.5 Å². The molecule has 0 N–H and O–H groups in total. The molecule has 0 saturated heterocycles. The summed E-state index contributed by atoms with van der Waals surface area (Å²) in [5.41, 5.74) is 0.180. The molecule has 2 aromatic carbocycles. The average molecular weight is 323 g/mol. The highest BCUT2D eigenvalue weighted by atomic mass is 32.2. The van der Waals surface area contributed by atoms with Crippen molar-refractivity contribution in [2.75, 3.05) is 10.8 Å². The summed E-state index contributed by atoms with van der Waals surface area (Å²) >= 11 is 0. The van der Waals surface area contributed by atoms with Gasteiger partial charge in [-0.15, -0.1) is 0 Å². The normalized spacial score (nSPS) is 14.8. The lowest BCUT2D eigenvalue weighted by molar-refractivity contribution is 0.0981. The largest absolute Gasteiger partial charge is 0.294 e. The molecule has 0 bridgehead atoms. The first-order valence-electron chi connectivity index (χ1n) is 6.50. The molecule has 4 nitrogen and oxygen atoms in total. The van der Waals surface area contributed by atoms with Gasteiger partial charge < -0.3 is 0 Å². The SMILES string of the molecule is O=C1CCN(S(=O)(=O)c2ccc(F)cc2)c2ccc(F)cc21. The lowest BCUT2D eigenvalue weighted by Gasteiger charge is -2.29. The predicted octanol–water partition coefficient (Wildman–Crippen LogP) is 2.75. The summed E-state index contributed by atoms with van der Waals surface area (Å²) in [7, 11) is -3.94. The molecule has 3 rings (SSSR count). The van der Waals surface area contributed by atoms with Crippen LogP contribution >= 0.6 is 0 Å². The maximum absolute atomic E-state index is 13.3. The number of benzene rings is 2. The molecule has 0 unspecified atom stereocenters. The number of hydrogen-bond acceptors (Lipinski definition) is 3. The fraction of sp³-hybridized carbons (Fsp3) is 0.133. The highest BCUT2D eigenvalue weighted by Crippen LogP contribution is 2.32. The molecule has 114 valence electrons. The van der Waals surface area contributed by atoms with Gasteiger partial charge in [0.1, 0.15) is 11.6 Å². The molecule has 0 fully saturated rings. The first-order valence-corrected chi connectivity index (χ1v) is 7.94. The van der Waals surface area contributed by atoms with E-state index in [0.29, 0.717) is 0 Å². The van der Waals surface area contributed by atoms with E-state index in [1.54, 1.807) is 0 Å². The molecule has 0 aliphatic carbocycles. The molecule has 1 aliphatic heterocycles. The molecule has 7 heteroatoms. The number of hydrogen-bond donors (Lipinski definition) is 0. The van der Waals surface area contributed by atoms with Crippen molar-refractivity contribution in [3.63, 3.8) is 0 Å². The lowest BCUT2D eigenvalue weighted by atomic mass is 10.0. The Bertz CT molecular complexity index is 848. The number of ketones is 1. The van der Waals surface area contributed by atoms with E-state index in [9.17, 15) is 22.0 Å². The van der Waals surface area contributed by atoms with Gasteiger partial charge in [-0.25, -0.2) is 17.2 Å². The maximum atomic E-state index is 13.3. The standard InChI is InChI=1S/C15H11F2NO3S/c16-10-1-4-12(5-2-10)22(20,21)18-8-7-15(19)13-9-11(17)3-6-14(13)18/h1-6,9H,7-8H2. The molecule has 1 heterocycles. The zero-order chi connectivity index (χ0) is 15.9. The van der Waals surface area contributed by atoms with Crippen molar-refractivity contribution in [2.45, 2.75) is 11.3 Å². The fourth-order valence-electron chi connectivity index (χ4n) is 2.39. The molecule has 1 aliphatic rings. The number of fused-ring (bicyclic) bond motifs is 1. The van der Waals surface area contributed by atoms with Crippen LogP contribution < -0.4 is 4.31 Å². The molecular weight excluding hydrogens is 312 g/mol. The molecular formula is C15H11F2NO3S. The third kappa shape index (κ3) is 2.37. The van der Waals surface area contributed by atoms with E-state index in [-0.39, 0.29) is 34.9 Å². The number of sulfonamides is 1. The van der Waals surface area contributed by atoms with E-state index in [2.05, 4.69) is 0 Å². The summed E-state index contributed by atoms with van der Waals surface area (Å²) in [6, 6.07) is 7.81. The second-order valence-electron chi connectivity index (χ2n) is 4.87. The van der Waals surface area contributed by atoms with Gasteiger partial charge in [-0.1, -0.05) is 0 Å². The summed E-state index contributed by atoms with van der Waals surface area (Å²) in [6.07, 6.45) is -0.0309. The highest BCUT2D eigenvalue weighted by Gasteiger charge is 2.32. The number of nitrogens with zero attached hydrogens (tertiary/aromatic N) is 1. The Kier molecular flexibility index (Phi) is 3.44. The van der Waals surface area contributed by atoms with Crippen LogP contribution in [0.1, 0.15) is 16.8 Å². The molecule has 0 spiro atoms. The van der Waals surface area contributed by atoms with Crippen LogP contribution in [0.5, 0.6) is 0 Å². The maximum Gasteiger partial charge on any atom is 0.264 e. The summed E-state index contributed by atoms with van der Waals surface area (Å²) in [4.78, 5) is 11.8. The first-order chi connectivity index (χ1) is 10.4. The lowest BCUT2D eigenvalue weighted by Crippen LogP contribution is -2.37. The highest BCUT2D eigenvalue weighted by molar-refractivity contribution is 7.92. The summed E-state index contributed by atoms with van der Waals surface area (Å²) < 4.78 is 52.6. The smallest absolute Gasteiger partial charge is 0.264 e. The molecule has 22 heavy (non-hydrogen) atoms. The number of carbonyl (C=O) groups is 1. The Hall–Kier alpha value is -2.28. The van der Waals surface area contributed by atoms with Crippen LogP contribution in [0.4, 0.5) is 14.5 Å². The second-order valence-corrected chi connectivity index (χ2v) is 6.73. The van der Waals surface area contributed by atoms with E-state index in [0.717, 1.165) is 40.7 Å². The zero-order valence-electron chi connectivity index (χ0n) is 11.3. The van der Waals surface area contributed by atoms with Gasteiger partial charge in [0.2, 0.25) is 0 Å². The van der Waals surface area contributed by atoms with Gasteiger partial charge in [0.25, 0.3) is 10.0 Å². The van der Waals surface area contributed by atoms with Crippen LogP contribution in [0.2, 0.25) is 0 Å². The van der Waals surface area contributed by atoms with Gasteiger partial charge in [0, 0.05) is 18.5 Å². The van der Waals surface area contributed by atoms with Gasteiger partial charge in [0.05, 0.1) is 10.6 Å². The van der Waals surface area contributed by atoms with Crippen LogP contribution in [0, 0.1) is 11.6 Å². The zero-order valence-corrected chi connectivity index (χ0v) is 12.1. The molecule has 2 aromatic rings. The first kappa shape index (κ1) is 14.6. The van der Waals surface area contributed by atoms with Crippen molar-refractivity contribution in [1.82, 2.24) is 0 Å². The molecule has 0 atom stereocenters. The van der Waals surface area contributed by atoms with E-state index >= 15 is 0 Å². The van der Waals surface area contributed by atoms with Crippen LogP contribution in [0.15, 0.2) is 47.4 Å². The van der Waals surface area contributed by atoms with E-state index in [4.69, 9.17) is 0 Å². The minimum atomic E-state index is -3.94. The van der Waals surface area contributed by atoms with Crippen molar-refractivity contribution in [2.24, 2.45) is 0 Å². The number of halogens is 2. The monoisotopic (exact) mass is 323 g/mol. The molecule has 0 aromatic heterocycles. The Morgan fingerprint density at radius 3 is 2.27 bits per heavy atom. The average Bonchev–Trinajstić information content (AvgIpc) is 2.48. The van der Waals surface area contributed by atoms with Gasteiger partial charge in [-0.3, -0.25) is 9.10 Å². The van der Waals surface area contributed by atoms with Crippen molar-refractivity contribution in [3.05, 3.63) is 59.7 Å². The van der Waals surface area contributed by atoms with Crippen LogP contribution in [-0.2, 0) is 10.0 Å². The van der Waals surface area contributed by atoms with Crippen LogP contribution in [-0.4, -0.2) is 20.7 Å². The van der Waals surface area contributed by atoms with Crippen molar-refractivity contribution in [1.29, 1.82) is 0 Å². The minimum Gasteiger partial charge on any atom is -0.294 e. The van der Waals surface area contributed by atoms with Gasteiger partial charge >= 0.3 is 0 Å². The molecule has 0 amide bonds. The fourth-order valence-corrected chi connectivity index (χ4v) is 3.88. The van der Waals surface area contributed by atoms with Crippen LogP contribution in [0.3, 0.4) is 0 Å². The topological polar surface area (TPSA) is 54.5 Å². The van der Waals surface area contributed by atoms with E-state index in [1.807, 2.05) is 0 Å².